The van der Waals surface area contributed by atoms with E-state index >= 15 is 0 Å². The molecule has 0 bridgehead atoms. The predicted octanol–water partition coefficient (Wildman–Crippen LogP) is 1.45. The highest BCUT2D eigenvalue weighted by atomic mass is 32.1. The fraction of sp³-hybridized carbons (Fsp3) is 0.333. The second kappa shape index (κ2) is 6.93. The molecule has 3 aromatic rings. The number of fused-ring (bicyclic) bond motifs is 1. The molecular formula is C15H17N5O4S. The second-order valence-electron chi connectivity index (χ2n) is 5.03. The van der Waals surface area contributed by atoms with Crippen LogP contribution in [0, 0.1) is 6.92 Å². The summed E-state index contributed by atoms with van der Waals surface area (Å²) in [7, 11) is 4.51. The fourth-order valence-corrected chi connectivity index (χ4v) is 3.11. The first-order chi connectivity index (χ1) is 12.1. The van der Waals surface area contributed by atoms with Gasteiger partial charge in [-0.15, -0.1) is 10.2 Å². The number of ether oxygens (including phenoxy) is 3. The van der Waals surface area contributed by atoms with Crippen LogP contribution < -0.4 is 19.5 Å². The number of nitrogens with zero attached hydrogens (tertiary/aromatic N) is 4. The van der Waals surface area contributed by atoms with Crippen molar-refractivity contribution in [3.8, 4) is 17.2 Å². The van der Waals surface area contributed by atoms with Crippen molar-refractivity contribution in [3.05, 3.63) is 28.5 Å². The molecule has 0 aliphatic heterocycles. The van der Waals surface area contributed by atoms with Crippen molar-refractivity contribution in [1.29, 1.82) is 0 Å². The van der Waals surface area contributed by atoms with E-state index in [-0.39, 0.29) is 12.5 Å². The second-order valence-corrected chi connectivity index (χ2v) is 6.07. The Kier molecular flexibility index (Phi) is 4.70. The van der Waals surface area contributed by atoms with Gasteiger partial charge in [0, 0.05) is 5.56 Å². The van der Waals surface area contributed by atoms with Crippen LogP contribution in [0.2, 0.25) is 0 Å². The minimum absolute atomic E-state index is 0.276. The smallest absolute Gasteiger partial charge is 0.251 e. The quantitative estimate of drug-likeness (QED) is 0.707. The molecule has 0 fully saturated rings. The molecule has 25 heavy (non-hydrogen) atoms. The number of amides is 1. The van der Waals surface area contributed by atoms with Crippen LogP contribution in [0.4, 0.5) is 0 Å². The summed E-state index contributed by atoms with van der Waals surface area (Å²) in [5.41, 5.74) is 0.397. The van der Waals surface area contributed by atoms with Gasteiger partial charge in [0.25, 0.3) is 5.91 Å². The Morgan fingerprint density at radius 2 is 1.84 bits per heavy atom. The number of nitrogens with one attached hydrogen (secondary N) is 1. The van der Waals surface area contributed by atoms with Crippen molar-refractivity contribution in [3.63, 3.8) is 0 Å². The molecule has 3 rings (SSSR count). The average molecular weight is 363 g/mol. The normalized spacial score (nSPS) is 10.7. The van der Waals surface area contributed by atoms with Gasteiger partial charge in [-0.05, 0) is 19.1 Å². The number of methoxy groups -OCH3 is 3. The molecule has 0 aliphatic rings. The van der Waals surface area contributed by atoms with Gasteiger partial charge in [0.2, 0.25) is 10.7 Å². The molecule has 1 aromatic carbocycles. The van der Waals surface area contributed by atoms with Crippen molar-refractivity contribution in [2.75, 3.05) is 21.3 Å². The molecule has 0 atom stereocenters. The van der Waals surface area contributed by atoms with Crippen LogP contribution in [-0.4, -0.2) is 47.0 Å². The molecule has 1 amide bonds. The lowest BCUT2D eigenvalue weighted by molar-refractivity contribution is 0.0950. The zero-order valence-electron chi connectivity index (χ0n) is 14.2. The van der Waals surface area contributed by atoms with E-state index in [1.807, 2.05) is 6.92 Å². The number of rotatable bonds is 6. The third-order valence-corrected chi connectivity index (χ3v) is 4.41. The topological polar surface area (TPSA) is 99.9 Å². The number of carbonyl (C=O) groups excluding carboxylic acids is 1. The third-order valence-electron chi connectivity index (χ3n) is 3.52. The average Bonchev–Trinajstić information content (AvgIpc) is 3.19. The van der Waals surface area contributed by atoms with Crippen LogP contribution in [0.15, 0.2) is 12.1 Å². The summed E-state index contributed by atoms with van der Waals surface area (Å²) in [6.45, 7) is 2.10. The van der Waals surface area contributed by atoms with Gasteiger partial charge in [-0.25, -0.2) is 0 Å². The largest absolute Gasteiger partial charge is 0.493 e. The van der Waals surface area contributed by atoms with Gasteiger partial charge in [-0.1, -0.05) is 11.3 Å². The van der Waals surface area contributed by atoms with Crippen molar-refractivity contribution in [2.45, 2.75) is 13.5 Å². The minimum atomic E-state index is -0.276. The van der Waals surface area contributed by atoms with Crippen LogP contribution in [0.5, 0.6) is 17.2 Å². The van der Waals surface area contributed by atoms with E-state index in [0.717, 1.165) is 5.01 Å². The Morgan fingerprint density at radius 3 is 2.40 bits per heavy atom. The third kappa shape index (κ3) is 3.20. The van der Waals surface area contributed by atoms with E-state index in [4.69, 9.17) is 14.2 Å². The van der Waals surface area contributed by atoms with Crippen LogP contribution in [0.25, 0.3) is 4.96 Å². The molecular weight excluding hydrogens is 346 g/mol. The van der Waals surface area contributed by atoms with E-state index in [1.54, 1.807) is 16.6 Å². The van der Waals surface area contributed by atoms with E-state index < -0.39 is 0 Å². The molecule has 0 unspecified atom stereocenters. The summed E-state index contributed by atoms with van der Waals surface area (Å²) in [6, 6.07) is 3.19. The standard InChI is InChI=1S/C15H17N5O4S/c1-8-17-18-15-20(8)19-12(25-15)7-16-14(21)9-5-10(22-2)13(24-4)11(6-9)23-3/h5-6H,7H2,1-4H3,(H,16,21). The first-order valence-corrected chi connectivity index (χ1v) is 8.15. The highest BCUT2D eigenvalue weighted by molar-refractivity contribution is 7.16. The van der Waals surface area contributed by atoms with Crippen molar-refractivity contribution in [1.82, 2.24) is 25.1 Å². The summed E-state index contributed by atoms with van der Waals surface area (Å²) in [4.78, 5) is 13.1. The molecule has 132 valence electrons. The molecule has 0 radical (unpaired) electrons. The van der Waals surface area contributed by atoms with E-state index in [0.29, 0.717) is 33.6 Å². The van der Waals surface area contributed by atoms with Crippen molar-refractivity contribution < 1.29 is 19.0 Å². The highest BCUT2D eigenvalue weighted by Crippen LogP contribution is 2.38. The molecule has 0 aliphatic carbocycles. The molecule has 2 aromatic heterocycles. The van der Waals surface area contributed by atoms with Gasteiger partial charge >= 0.3 is 0 Å². The van der Waals surface area contributed by atoms with Gasteiger partial charge in [-0.2, -0.15) is 9.61 Å². The number of benzene rings is 1. The van der Waals surface area contributed by atoms with Gasteiger partial charge in [0.05, 0.1) is 27.9 Å². The highest BCUT2D eigenvalue weighted by Gasteiger charge is 2.17. The Hall–Kier alpha value is -2.88. The summed E-state index contributed by atoms with van der Waals surface area (Å²) < 4.78 is 17.4. The van der Waals surface area contributed by atoms with Crippen LogP contribution in [0.1, 0.15) is 21.2 Å². The first-order valence-electron chi connectivity index (χ1n) is 7.33. The zero-order chi connectivity index (χ0) is 18.0. The molecule has 1 N–H and O–H groups in total. The van der Waals surface area contributed by atoms with Gasteiger partial charge in [0.15, 0.2) is 17.3 Å². The molecule has 9 nitrogen and oxygen atoms in total. The Balaban J connectivity index is 1.78. The Bertz CT molecular complexity index is 895. The maximum atomic E-state index is 12.5. The van der Waals surface area contributed by atoms with E-state index in [1.165, 1.54) is 32.7 Å². The van der Waals surface area contributed by atoms with E-state index in [2.05, 4.69) is 20.6 Å². The summed E-state index contributed by atoms with van der Waals surface area (Å²) in [6.07, 6.45) is 0. The van der Waals surface area contributed by atoms with E-state index in [9.17, 15) is 4.79 Å². The Labute approximate surface area is 147 Å². The van der Waals surface area contributed by atoms with Gasteiger partial charge < -0.3 is 19.5 Å². The van der Waals surface area contributed by atoms with Gasteiger partial charge in [0.1, 0.15) is 5.01 Å². The molecule has 0 saturated carbocycles. The fourth-order valence-electron chi connectivity index (χ4n) is 2.30. The number of hydrogen-bond donors (Lipinski definition) is 1. The summed E-state index contributed by atoms with van der Waals surface area (Å²) >= 11 is 1.37. The summed E-state index contributed by atoms with van der Waals surface area (Å²) in [5, 5.41) is 15.8. The molecule has 0 spiro atoms. The number of aryl methyl sites for hydroxylation is 1. The number of carbonyl (C=O) groups is 1. The SMILES string of the molecule is COc1cc(C(=O)NCc2nn3c(C)nnc3s2)cc(OC)c1OC. The maximum absolute atomic E-state index is 12.5. The lowest BCUT2D eigenvalue weighted by Crippen LogP contribution is -2.23. The number of aromatic nitrogens is 4. The maximum Gasteiger partial charge on any atom is 0.251 e. The lowest BCUT2D eigenvalue weighted by Gasteiger charge is -2.13. The van der Waals surface area contributed by atoms with Crippen LogP contribution in [0.3, 0.4) is 0 Å². The van der Waals surface area contributed by atoms with Crippen molar-refractivity contribution in [2.24, 2.45) is 0 Å². The monoisotopic (exact) mass is 363 g/mol. The number of hydrogen-bond acceptors (Lipinski definition) is 8. The Morgan fingerprint density at radius 1 is 1.16 bits per heavy atom. The lowest BCUT2D eigenvalue weighted by atomic mass is 10.1. The molecule has 2 heterocycles. The molecule has 0 saturated heterocycles. The zero-order valence-corrected chi connectivity index (χ0v) is 15.0. The first kappa shape index (κ1) is 17.0. The molecule has 10 heteroatoms. The van der Waals surface area contributed by atoms with Crippen molar-refractivity contribution >= 4 is 22.2 Å². The predicted molar refractivity (Wildman–Crippen MR) is 90.7 cm³/mol. The minimum Gasteiger partial charge on any atom is -0.493 e. The summed E-state index contributed by atoms with van der Waals surface area (Å²) in [5.74, 6) is 1.70. The van der Waals surface area contributed by atoms with Crippen LogP contribution >= 0.6 is 11.3 Å². The van der Waals surface area contributed by atoms with Crippen LogP contribution in [-0.2, 0) is 6.54 Å². The van der Waals surface area contributed by atoms with Gasteiger partial charge in [-0.3, -0.25) is 4.79 Å².